The molecule has 0 amide bonds. The summed E-state index contributed by atoms with van der Waals surface area (Å²) in [5.41, 5.74) is 0.294. The van der Waals surface area contributed by atoms with Crippen molar-refractivity contribution < 1.29 is 0 Å². The van der Waals surface area contributed by atoms with Crippen LogP contribution in [-0.4, -0.2) is 29.6 Å². The lowest BCUT2D eigenvalue weighted by Crippen LogP contribution is -2.63. The second-order valence-electron chi connectivity index (χ2n) is 3.88. The van der Waals surface area contributed by atoms with Crippen molar-refractivity contribution in [3.05, 3.63) is 0 Å². The second kappa shape index (κ2) is 3.03. The van der Waals surface area contributed by atoms with Gasteiger partial charge >= 0.3 is 0 Å². The van der Waals surface area contributed by atoms with E-state index in [4.69, 9.17) is 0 Å². The summed E-state index contributed by atoms with van der Waals surface area (Å²) >= 11 is 0. The quantitative estimate of drug-likeness (QED) is 0.420. The molecular formula is C7H20N2Si. The van der Waals surface area contributed by atoms with Gasteiger partial charge in [0.25, 0.3) is 0 Å². The van der Waals surface area contributed by atoms with E-state index in [2.05, 4.69) is 31.4 Å². The molecule has 0 radical (unpaired) electrons. The molecule has 0 saturated heterocycles. The molecule has 0 rings (SSSR count). The maximum atomic E-state index is 3.32. The summed E-state index contributed by atoms with van der Waals surface area (Å²) in [6.07, 6.45) is 0. The molecule has 10 heavy (non-hydrogen) atoms. The lowest BCUT2D eigenvalue weighted by atomic mass is 9.91. The molecule has 0 aromatic heterocycles. The highest BCUT2D eigenvalue weighted by Crippen LogP contribution is 2.23. The van der Waals surface area contributed by atoms with Crippen molar-refractivity contribution in [2.75, 3.05) is 14.1 Å². The molecule has 0 saturated carbocycles. The standard InChI is InChI=1S/C7H20N2Si/c1-6(2,3)7(10,8-4)9-5/h8-9H,1-5,10H3. The Kier molecular flexibility index (Phi) is 3.07. The van der Waals surface area contributed by atoms with E-state index >= 15 is 0 Å². The van der Waals surface area contributed by atoms with Crippen LogP contribution in [0.25, 0.3) is 0 Å². The van der Waals surface area contributed by atoms with Gasteiger partial charge in [-0.05, 0) is 19.5 Å². The first-order valence-corrected chi connectivity index (χ1v) is 4.75. The third-order valence-corrected chi connectivity index (χ3v) is 5.00. The molecule has 0 aliphatic heterocycles. The largest absolute Gasteiger partial charge is 0.306 e. The fourth-order valence-corrected chi connectivity index (χ4v) is 0.875. The van der Waals surface area contributed by atoms with Crippen LogP contribution in [0.1, 0.15) is 20.8 Å². The van der Waals surface area contributed by atoms with Crippen LogP contribution < -0.4 is 10.6 Å². The minimum Gasteiger partial charge on any atom is -0.306 e. The van der Waals surface area contributed by atoms with Gasteiger partial charge in [-0.15, -0.1) is 0 Å². The van der Waals surface area contributed by atoms with Crippen LogP contribution in [0, 0.1) is 5.41 Å². The molecule has 3 heteroatoms. The Bertz CT molecular complexity index is 103. The van der Waals surface area contributed by atoms with Gasteiger partial charge in [-0.1, -0.05) is 20.8 Å². The molecule has 0 aliphatic rings. The Balaban J connectivity index is 4.33. The second-order valence-corrected chi connectivity index (χ2v) is 5.38. The molecule has 0 spiro atoms. The van der Waals surface area contributed by atoms with Crippen molar-refractivity contribution in [1.82, 2.24) is 10.6 Å². The van der Waals surface area contributed by atoms with Crippen molar-refractivity contribution in [2.45, 2.75) is 26.1 Å². The van der Waals surface area contributed by atoms with Crippen molar-refractivity contribution in [3.63, 3.8) is 0 Å². The zero-order valence-corrected chi connectivity index (χ0v) is 10.0. The highest BCUT2D eigenvalue weighted by atomic mass is 28.1. The van der Waals surface area contributed by atoms with Crippen LogP contribution in [0.3, 0.4) is 0 Å². The first-order valence-electron chi connectivity index (χ1n) is 3.75. The number of hydrogen-bond acceptors (Lipinski definition) is 2. The maximum Gasteiger partial charge on any atom is 0.0515 e. The molecule has 0 bridgehead atoms. The van der Waals surface area contributed by atoms with E-state index in [1.165, 1.54) is 0 Å². The molecule has 0 atom stereocenters. The predicted molar refractivity (Wildman–Crippen MR) is 50.2 cm³/mol. The summed E-state index contributed by atoms with van der Waals surface area (Å²) in [4.78, 5) is 0. The molecule has 0 heterocycles. The lowest BCUT2D eigenvalue weighted by molar-refractivity contribution is 0.204. The van der Waals surface area contributed by atoms with Gasteiger partial charge in [0, 0.05) is 10.2 Å². The highest BCUT2D eigenvalue weighted by molar-refractivity contribution is 6.15. The van der Waals surface area contributed by atoms with Crippen LogP contribution in [0.5, 0.6) is 0 Å². The third-order valence-electron chi connectivity index (χ3n) is 2.50. The monoisotopic (exact) mass is 160 g/mol. The number of nitrogens with one attached hydrogen (secondary N) is 2. The highest BCUT2D eigenvalue weighted by Gasteiger charge is 2.33. The van der Waals surface area contributed by atoms with E-state index in [1.54, 1.807) is 0 Å². The Morgan fingerprint density at radius 1 is 1.00 bits per heavy atom. The first kappa shape index (κ1) is 10.1. The molecule has 0 unspecified atom stereocenters. The first-order chi connectivity index (χ1) is 4.37. The molecule has 0 aromatic rings. The average molecular weight is 160 g/mol. The Morgan fingerprint density at radius 2 is 1.30 bits per heavy atom. The molecule has 62 valence electrons. The molecule has 2 nitrogen and oxygen atoms in total. The van der Waals surface area contributed by atoms with Gasteiger partial charge in [-0.2, -0.15) is 0 Å². The van der Waals surface area contributed by atoms with Gasteiger partial charge in [0.1, 0.15) is 0 Å². The van der Waals surface area contributed by atoms with Gasteiger partial charge in [-0.3, -0.25) is 0 Å². The molecule has 0 aliphatic carbocycles. The van der Waals surface area contributed by atoms with Gasteiger partial charge in [-0.25, -0.2) is 0 Å². The van der Waals surface area contributed by atoms with Crippen LogP contribution in [0.4, 0.5) is 0 Å². The number of hydrogen-bond donors (Lipinski definition) is 2. The topological polar surface area (TPSA) is 24.1 Å². The lowest BCUT2D eigenvalue weighted by Gasteiger charge is -2.42. The summed E-state index contributed by atoms with van der Waals surface area (Å²) in [7, 11) is 5.12. The van der Waals surface area contributed by atoms with Crippen LogP contribution in [0.2, 0.25) is 0 Å². The van der Waals surface area contributed by atoms with Crippen LogP contribution in [0.15, 0.2) is 0 Å². The van der Waals surface area contributed by atoms with E-state index in [9.17, 15) is 0 Å². The summed E-state index contributed by atoms with van der Waals surface area (Å²) in [5.74, 6) is 0. The summed E-state index contributed by atoms with van der Waals surface area (Å²) in [5, 5.41) is 6.80. The molecular weight excluding hydrogens is 140 g/mol. The van der Waals surface area contributed by atoms with Gasteiger partial charge in [0.05, 0.1) is 5.29 Å². The van der Waals surface area contributed by atoms with E-state index < -0.39 is 0 Å². The average Bonchev–Trinajstić information content (AvgIpc) is 1.84. The minimum atomic E-state index is 0.160. The zero-order valence-electron chi connectivity index (χ0n) is 8.00. The molecule has 0 aromatic carbocycles. The van der Waals surface area contributed by atoms with Gasteiger partial charge in [0.2, 0.25) is 0 Å². The third kappa shape index (κ3) is 1.81. The van der Waals surface area contributed by atoms with Crippen molar-refractivity contribution in [1.29, 1.82) is 0 Å². The fourth-order valence-electron chi connectivity index (χ4n) is 0.875. The normalized spacial score (nSPS) is 14.1. The van der Waals surface area contributed by atoms with Crippen LogP contribution in [-0.2, 0) is 0 Å². The fraction of sp³-hybridized carbons (Fsp3) is 1.00. The zero-order chi connectivity index (χ0) is 8.41. The van der Waals surface area contributed by atoms with E-state index in [-0.39, 0.29) is 5.29 Å². The Labute approximate surface area is 67.2 Å². The SMILES string of the molecule is CNC([SiH3])(NC)C(C)(C)C. The maximum absolute atomic E-state index is 3.32. The molecule has 2 N–H and O–H groups in total. The summed E-state index contributed by atoms with van der Waals surface area (Å²) in [6.45, 7) is 6.73. The number of rotatable bonds is 2. The predicted octanol–water partition coefficient (Wildman–Crippen LogP) is -0.510. The summed E-state index contributed by atoms with van der Waals surface area (Å²) in [6, 6.07) is 0. The smallest absolute Gasteiger partial charge is 0.0515 e. The van der Waals surface area contributed by atoms with E-state index in [0.717, 1.165) is 10.2 Å². The van der Waals surface area contributed by atoms with Gasteiger partial charge in [0.15, 0.2) is 0 Å². The summed E-state index contributed by atoms with van der Waals surface area (Å²) < 4.78 is 0. The van der Waals surface area contributed by atoms with Gasteiger partial charge < -0.3 is 10.6 Å². The Morgan fingerprint density at radius 3 is 1.30 bits per heavy atom. The van der Waals surface area contributed by atoms with E-state index in [1.807, 2.05) is 14.1 Å². The van der Waals surface area contributed by atoms with Crippen molar-refractivity contribution in [3.8, 4) is 0 Å². The van der Waals surface area contributed by atoms with Crippen molar-refractivity contribution >= 4 is 10.2 Å². The molecule has 0 fully saturated rings. The van der Waals surface area contributed by atoms with E-state index in [0.29, 0.717) is 5.41 Å². The van der Waals surface area contributed by atoms with Crippen molar-refractivity contribution in [2.24, 2.45) is 5.41 Å². The Hall–Kier alpha value is 0.137. The van der Waals surface area contributed by atoms with Crippen LogP contribution >= 0.6 is 0 Å². The minimum absolute atomic E-state index is 0.160.